The van der Waals surface area contributed by atoms with Crippen LogP contribution in [0.2, 0.25) is 0 Å². The Morgan fingerprint density at radius 1 is 1.19 bits per heavy atom. The zero-order valence-corrected chi connectivity index (χ0v) is 20.9. The van der Waals surface area contributed by atoms with E-state index in [0.29, 0.717) is 41.3 Å². The van der Waals surface area contributed by atoms with E-state index < -0.39 is 17.5 Å². The first-order valence-electron chi connectivity index (χ1n) is 12.2. The van der Waals surface area contributed by atoms with Crippen LogP contribution in [-0.4, -0.2) is 56.4 Å². The molecule has 4 heterocycles. The highest BCUT2D eigenvalue weighted by atomic mass is 19.1. The molecule has 1 aliphatic heterocycles. The molecule has 194 valence electrons. The van der Waals surface area contributed by atoms with Crippen LogP contribution in [0.4, 0.5) is 20.3 Å². The van der Waals surface area contributed by atoms with Gasteiger partial charge in [-0.25, -0.2) is 23.7 Å². The summed E-state index contributed by atoms with van der Waals surface area (Å²) in [5, 5.41) is 0. The average Bonchev–Trinajstić information content (AvgIpc) is 3.27. The van der Waals surface area contributed by atoms with Crippen LogP contribution in [0, 0.1) is 5.82 Å². The van der Waals surface area contributed by atoms with Crippen molar-refractivity contribution in [2.75, 3.05) is 30.8 Å². The second-order valence-electron chi connectivity index (χ2n) is 9.72. The molecule has 4 N–H and O–H groups in total. The molecule has 0 spiro atoms. The van der Waals surface area contributed by atoms with Crippen molar-refractivity contribution in [3.63, 3.8) is 0 Å². The molecule has 1 aromatic carbocycles. The smallest absolute Gasteiger partial charge is 0.165 e. The molecule has 1 saturated heterocycles. The second-order valence-corrected chi connectivity index (χ2v) is 9.72. The number of hydrogen-bond donors (Lipinski definition) is 2. The summed E-state index contributed by atoms with van der Waals surface area (Å²) in [7, 11) is 1.43. The SMILES string of the molecule is COc1ccc(-c2cc(Cn3cnc4c(N)ncnc43)c(N3CCC[C@](N)(CC(C)F)C3)cn2)cc1F. The number of pyridine rings is 1. The van der Waals surface area contributed by atoms with Gasteiger partial charge in [-0.1, -0.05) is 0 Å². The Balaban J connectivity index is 1.56. The lowest BCUT2D eigenvalue weighted by atomic mass is 9.85. The molecule has 11 heteroatoms. The number of ether oxygens (including phenoxy) is 1. The molecule has 37 heavy (non-hydrogen) atoms. The largest absolute Gasteiger partial charge is 0.494 e. The van der Waals surface area contributed by atoms with Crippen molar-refractivity contribution in [1.82, 2.24) is 24.5 Å². The van der Waals surface area contributed by atoms with Crippen LogP contribution in [0.3, 0.4) is 0 Å². The molecule has 0 radical (unpaired) electrons. The fourth-order valence-electron chi connectivity index (χ4n) is 5.18. The van der Waals surface area contributed by atoms with E-state index in [9.17, 15) is 8.78 Å². The maximum atomic E-state index is 14.5. The minimum atomic E-state index is -0.989. The zero-order chi connectivity index (χ0) is 26.2. The number of halogens is 2. The van der Waals surface area contributed by atoms with Crippen LogP contribution < -0.4 is 21.1 Å². The first kappa shape index (κ1) is 24.8. The number of nitrogens with two attached hydrogens (primary N) is 2. The molecule has 4 aromatic rings. The van der Waals surface area contributed by atoms with Gasteiger partial charge in [-0.2, -0.15) is 0 Å². The number of piperidine rings is 1. The van der Waals surface area contributed by atoms with E-state index >= 15 is 0 Å². The van der Waals surface area contributed by atoms with E-state index in [2.05, 4.69) is 24.8 Å². The summed E-state index contributed by atoms with van der Waals surface area (Å²) in [6.07, 6.45) is 5.74. The van der Waals surface area contributed by atoms with Crippen LogP contribution in [-0.2, 0) is 6.54 Å². The molecule has 3 aromatic heterocycles. The molecule has 0 bridgehead atoms. The topological polar surface area (TPSA) is 121 Å². The van der Waals surface area contributed by atoms with Gasteiger partial charge in [-0.05, 0) is 56.0 Å². The molecule has 0 saturated carbocycles. The number of rotatable bonds is 7. The standard InChI is InChI=1S/C26H30F2N8O/c1-16(27)10-26(30)6-3-7-35(13-26)21-11-31-20(17-4-5-22(37-2)19(28)8-17)9-18(21)12-36-15-34-23-24(29)32-14-33-25(23)36/h4-5,8-9,11,14-16H,3,6-7,10,12-13,30H2,1-2H3,(H2,29,32,33)/t16?,26-/m0/s1. The quantitative estimate of drug-likeness (QED) is 0.388. The van der Waals surface area contributed by atoms with Gasteiger partial charge < -0.3 is 25.7 Å². The van der Waals surface area contributed by atoms with Crippen molar-refractivity contribution in [3.8, 4) is 17.0 Å². The highest BCUT2D eigenvalue weighted by Gasteiger charge is 2.34. The van der Waals surface area contributed by atoms with E-state index in [1.165, 1.54) is 19.5 Å². The van der Waals surface area contributed by atoms with Gasteiger partial charge in [0.2, 0.25) is 0 Å². The lowest BCUT2D eigenvalue weighted by Gasteiger charge is -2.42. The number of hydrogen-bond acceptors (Lipinski definition) is 8. The van der Waals surface area contributed by atoms with Crippen molar-refractivity contribution in [2.24, 2.45) is 5.73 Å². The molecule has 0 aliphatic carbocycles. The lowest BCUT2D eigenvalue weighted by molar-refractivity contribution is 0.232. The number of fused-ring (bicyclic) bond motifs is 1. The highest BCUT2D eigenvalue weighted by molar-refractivity contribution is 5.81. The van der Waals surface area contributed by atoms with Crippen molar-refractivity contribution in [1.29, 1.82) is 0 Å². The molecule has 9 nitrogen and oxygen atoms in total. The van der Waals surface area contributed by atoms with E-state index in [4.69, 9.17) is 16.2 Å². The number of benzene rings is 1. The van der Waals surface area contributed by atoms with Crippen molar-refractivity contribution < 1.29 is 13.5 Å². The Morgan fingerprint density at radius 2 is 2.03 bits per heavy atom. The number of alkyl halides is 1. The van der Waals surface area contributed by atoms with Crippen LogP contribution >= 0.6 is 0 Å². The van der Waals surface area contributed by atoms with Crippen LogP contribution in [0.1, 0.15) is 31.7 Å². The molecule has 1 unspecified atom stereocenters. The number of methoxy groups -OCH3 is 1. The molecule has 1 fully saturated rings. The van der Waals surface area contributed by atoms with Gasteiger partial charge in [-0.15, -0.1) is 0 Å². The van der Waals surface area contributed by atoms with Gasteiger partial charge in [0.1, 0.15) is 11.8 Å². The summed E-state index contributed by atoms with van der Waals surface area (Å²) in [4.78, 5) is 19.6. The first-order chi connectivity index (χ1) is 17.8. The summed E-state index contributed by atoms with van der Waals surface area (Å²) < 4.78 is 35.3. The molecule has 0 amide bonds. The van der Waals surface area contributed by atoms with Gasteiger partial charge in [0.05, 0.1) is 43.7 Å². The van der Waals surface area contributed by atoms with Gasteiger partial charge in [0, 0.05) is 24.2 Å². The zero-order valence-electron chi connectivity index (χ0n) is 20.9. The summed E-state index contributed by atoms with van der Waals surface area (Å²) >= 11 is 0. The number of anilines is 2. The fourth-order valence-corrected chi connectivity index (χ4v) is 5.18. The van der Waals surface area contributed by atoms with Crippen molar-refractivity contribution in [3.05, 3.63) is 54.5 Å². The number of aromatic nitrogens is 5. The van der Waals surface area contributed by atoms with Crippen molar-refractivity contribution >= 4 is 22.7 Å². The van der Waals surface area contributed by atoms with E-state index in [1.807, 2.05) is 10.6 Å². The summed E-state index contributed by atoms with van der Waals surface area (Å²) in [6, 6.07) is 6.67. The van der Waals surface area contributed by atoms with Gasteiger partial charge in [0.15, 0.2) is 23.0 Å². The normalized spacial score (nSPS) is 18.8. The minimum absolute atomic E-state index is 0.164. The average molecular weight is 509 g/mol. The third-order valence-corrected chi connectivity index (χ3v) is 6.82. The minimum Gasteiger partial charge on any atom is -0.494 e. The molecule has 1 aliphatic rings. The molecule has 2 atom stereocenters. The predicted molar refractivity (Wildman–Crippen MR) is 139 cm³/mol. The fraction of sp³-hybridized carbons (Fsp3) is 0.385. The summed E-state index contributed by atoms with van der Waals surface area (Å²) in [6.45, 7) is 3.22. The molecular formula is C26H30F2N8O. The Labute approximate surface area is 213 Å². The maximum absolute atomic E-state index is 14.5. The maximum Gasteiger partial charge on any atom is 0.165 e. The van der Waals surface area contributed by atoms with Gasteiger partial charge >= 0.3 is 0 Å². The summed E-state index contributed by atoms with van der Waals surface area (Å²) in [5.41, 5.74) is 16.1. The Morgan fingerprint density at radius 3 is 2.78 bits per heavy atom. The van der Waals surface area contributed by atoms with Crippen molar-refractivity contribution in [2.45, 2.75) is 44.4 Å². The number of nitrogens with zero attached hydrogens (tertiary/aromatic N) is 6. The molecule has 5 rings (SSSR count). The van der Waals surface area contributed by atoms with E-state index in [-0.39, 0.29) is 12.2 Å². The van der Waals surface area contributed by atoms with Gasteiger partial charge in [-0.3, -0.25) is 4.98 Å². The first-order valence-corrected chi connectivity index (χ1v) is 12.2. The van der Waals surface area contributed by atoms with Crippen LogP contribution in [0.5, 0.6) is 5.75 Å². The van der Waals surface area contributed by atoms with Gasteiger partial charge in [0.25, 0.3) is 0 Å². The van der Waals surface area contributed by atoms with Crippen LogP contribution in [0.25, 0.3) is 22.4 Å². The Hall–Kier alpha value is -3.86. The lowest BCUT2D eigenvalue weighted by Crippen LogP contribution is -2.55. The summed E-state index contributed by atoms with van der Waals surface area (Å²) in [5.74, 6) is -0.000624. The third kappa shape index (κ3) is 5.04. The molecular weight excluding hydrogens is 478 g/mol. The van der Waals surface area contributed by atoms with Crippen LogP contribution in [0.15, 0.2) is 43.1 Å². The second kappa shape index (κ2) is 9.89. The highest BCUT2D eigenvalue weighted by Crippen LogP contribution is 2.33. The Kier molecular flexibility index (Phi) is 6.63. The third-order valence-electron chi connectivity index (χ3n) is 6.82. The predicted octanol–water partition coefficient (Wildman–Crippen LogP) is 3.71. The number of imidazole rings is 1. The van der Waals surface area contributed by atoms with E-state index in [0.717, 1.165) is 30.6 Å². The Bertz CT molecular complexity index is 1430. The number of nitrogen functional groups attached to an aromatic ring is 1. The monoisotopic (exact) mass is 508 g/mol. The van der Waals surface area contributed by atoms with E-state index in [1.54, 1.807) is 31.6 Å².